The van der Waals surface area contributed by atoms with Gasteiger partial charge in [0.05, 0.1) is 18.9 Å². The van der Waals surface area contributed by atoms with Gasteiger partial charge in [0.2, 0.25) is 5.43 Å². The highest BCUT2D eigenvalue weighted by atomic mass is 16.5. The zero-order valence-corrected chi connectivity index (χ0v) is 13.1. The van der Waals surface area contributed by atoms with Crippen molar-refractivity contribution < 1.29 is 14.9 Å². The van der Waals surface area contributed by atoms with Gasteiger partial charge >= 0.3 is 0 Å². The summed E-state index contributed by atoms with van der Waals surface area (Å²) in [5, 5.41) is 19.5. The molecule has 120 valence electrons. The first-order valence-electron chi connectivity index (χ1n) is 7.28. The van der Waals surface area contributed by atoms with Crippen LogP contribution in [0.15, 0.2) is 10.9 Å². The summed E-state index contributed by atoms with van der Waals surface area (Å²) < 4.78 is 6.83. The fourth-order valence-electron chi connectivity index (χ4n) is 2.26. The van der Waals surface area contributed by atoms with Crippen LogP contribution in [0.1, 0.15) is 31.2 Å². The molecule has 0 unspecified atom stereocenters. The first kappa shape index (κ1) is 17.7. The molecule has 6 nitrogen and oxygen atoms in total. The molecule has 1 aromatic heterocycles. The van der Waals surface area contributed by atoms with Crippen molar-refractivity contribution >= 4 is 0 Å². The van der Waals surface area contributed by atoms with Gasteiger partial charge in [-0.3, -0.25) is 4.79 Å². The third-order valence-corrected chi connectivity index (χ3v) is 3.47. The summed E-state index contributed by atoms with van der Waals surface area (Å²) in [7, 11) is 3.54. The number of hydrogen-bond acceptors (Lipinski definition) is 5. The Labute approximate surface area is 125 Å². The van der Waals surface area contributed by atoms with Gasteiger partial charge in [0.25, 0.3) is 0 Å². The molecule has 0 fully saturated rings. The van der Waals surface area contributed by atoms with Crippen LogP contribution in [0.4, 0.5) is 0 Å². The fraction of sp³-hybridized carbons (Fsp3) is 0.667. The van der Waals surface area contributed by atoms with E-state index < -0.39 is 5.43 Å². The van der Waals surface area contributed by atoms with Gasteiger partial charge in [-0.15, -0.1) is 0 Å². The predicted octanol–water partition coefficient (Wildman–Crippen LogP) is 0.924. The first-order chi connectivity index (χ1) is 10.0. The number of aromatic nitrogens is 1. The fourth-order valence-corrected chi connectivity index (χ4v) is 2.26. The van der Waals surface area contributed by atoms with Crippen LogP contribution in [0.2, 0.25) is 0 Å². The summed E-state index contributed by atoms with van der Waals surface area (Å²) in [6.45, 7) is 4.14. The average molecular weight is 298 g/mol. The van der Waals surface area contributed by atoms with Crippen LogP contribution >= 0.6 is 0 Å². The Balaban J connectivity index is 3.12. The van der Waals surface area contributed by atoms with Gasteiger partial charge in [-0.1, -0.05) is 13.3 Å². The molecule has 0 bridgehead atoms. The number of rotatable bonds is 9. The highest BCUT2D eigenvalue weighted by molar-refractivity contribution is 5.30. The third kappa shape index (κ3) is 4.84. The largest absolute Gasteiger partial charge is 0.503 e. The monoisotopic (exact) mass is 298 g/mol. The summed E-state index contributed by atoms with van der Waals surface area (Å²) in [4.78, 5) is 13.9. The minimum absolute atomic E-state index is 0.244. The van der Waals surface area contributed by atoms with E-state index in [4.69, 9.17) is 4.74 Å². The lowest BCUT2D eigenvalue weighted by molar-refractivity contribution is 0.179. The lowest BCUT2D eigenvalue weighted by atomic mass is 10.2. The molecule has 2 N–H and O–H groups in total. The average Bonchev–Trinajstić information content (AvgIpc) is 2.48. The number of hydrogen-bond donors (Lipinski definition) is 2. The van der Waals surface area contributed by atoms with E-state index in [1.807, 2.05) is 7.05 Å². The van der Waals surface area contributed by atoms with Crippen molar-refractivity contribution in [1.29, 1.82) is 0 Å². The summed E-state index contributed by atoms with van der Waals surface area (Å²) in [6, 6.07) is 1.28. The van der Waals surface area contributed by atoms with Crippen molar-refractivity contribution in [2.75, 3.05) is 27.3 Å². The third-order valence-electron chi connectivity index (χ3n) is 3.47. The Morgan fingerprint density at radius 2 is 2.14 bits per heavy atom. The number of nitrogens with zero attached hydrogens (tertiary/aromatic N) is 2. The van der Waals surface area contributed by atoms with Crippen molar-refractivity contribution in [2.45, 2.75) is 39.5 Å². The van der Waals surface area contributed by atoms with Crippen LogP contribution in [0.25, 0.3) is 0 Å². The Bertz CT molecular complexity index is 499. The minimum atomic E-state index is -0.452. The zero-order chi connectivity index (χ0) is 15.8. The first-order valence-corrected chi connectivity index (χ1v) is 7.28. The topological polar surface area (TPSA) is 74.9 Å². The van der Waals surface area contributed by atoms with Crippen LogP contribution in [-0.4, -0.2) is 47.0 Å². The number of methoxy groups -OCH3 is 1. The van der Waals surface area contributed by atoms with Gasteiger partial charge in [-0.2, -0.15) is 0 Å². The van der Waals surface area contributed by atoms with Gasteiger partial charge in [0.1, 0.15) is 0 Å². The van der Waals surface area contributed by atoms with Crippen LogP contribution in [0.5, 0.6) is 5.75 Å². The van der Waals surface area contributed by atoms with Gasteiger partial charge in [0.15, 0.2) is 5.75 Å². The smallest absolute Gasteiger partial charge is 0.223 e. The van der Waals surface area contributed by atoms with Gasteiger partial charge in [-0.25, -0.2) is 0 Å². The highest BCUT2D eigenvalue weighted by Crippen LogP contribution is 2.17. The molecule has 0 aliphatic heterocycles. The molecule has 1 aromatic rings. The number of pyridine rings is 1. The second kappa shape index (κ2) is 8.81. The maximum atomic E-state index is 11.8. The SMILES string of the molecule is CCCCN(C)Cc1c(O)c(=O)cc(CO)n1CCOC. The molecule has 1 heterocycles. The lowest BCUT2D eigenvalue weighted by Crippen LogP contribution is -2.26. The van der Waals surface area contributed by atoms with Crippen LogP contribution in [-0.2, 0) is 24.4 Å². The molecule has 0 amide bonds. The van der Waals surface area contributed by atoms with E-state index in [2.05, 4.69) is 11.8 Å². The maximum Gasteiger partial charge on any atom is 0.223 e. The zero-order valence-electron chi connectivity index (χ0n) is 13.1. The second-order valence-electron chi connectivity index (χ2n) is 5.19. The normalized spacial score (nSPS) is 11.3. The number of aliphatic hydroxyl groups is 1. The highest BCUT2D eigenvalue weighted by Gasteiger charge is 2.16. The van der Waals surface area contributed by atoms with E-state index in [9.17, 15) is 15.0 Å². The van der Waals surface area contributed by atoms with E-state index in [1.165, 1.54) is 6.07 Å². The molecule has 6 heteroatoms. The maximum absolute atomic E-state index is 11.8. The van der Waals surface area contributed by atoms with Gasteiger partial charge in [0, 0.05) is 32.0 Å². The summed E-state index contributed by atoms with van der Waals surface area (Å²) in [5.41, 5.74) is 0.572. The van der Waals surface area contributed by atoms with E-state index in [-0.39, 0.29) is 12.4 Å². The van der Waals surface area contributed by atoms with Crippen LogP contribution in [0.3, 0.4) is 0 Å². The Hall–Kier alpha value is -1.37. The molecule has 0 aliphatic carbocycles. The molecule has 0 aliphatic rings. The molecule has 21 heavy (non-hydrogen) atoms. The molecular formula is C15H26N2O4. The quantitative estimate of drug-likeness (QED) is 0.709. The molecule has 1 rings (SSSR count). The summed E-state index contributed by atoms with van der Waals surface area (Å²) in [6.07, 6.45) is 2.14. The van der Waals surface area contributed by atoms with Crippen molar-refractivity contribution in [1.82, 2.24) is 9.47 Å². The van der Waals surface area contributed by atoms with Gasteiger partial charge < -0.3 is 24.4 Å². The number of ether oxygens (including phenoxy) is 1. The lowest BCUT2D eigenvalue weighted by Gasteiger charge is -2.23. The van der Waals surface area contributed by atoms with Crippen molar-refractivity contribution in [3.05, 3.63) is 27.7 Å². The molecule has 0 saturated heterocycles. The molecule has 0 saturated carbocycles. The van der Waals surface area contributed by atoms with Gasteiger partial charge in [-0.05, 0) is 20.0 Å². The van der Waals surface area contributed by atoms with E-state index in [0.717, 1.165) is 19.4 Å². The van der Waals surface area contributed by atoms with E-state index in [1.54, 1.807) is 11.7 Å². The Morgan fingerprint density at radius 3 is 2.71 bits per heavy atom. The molecule has 0 aromatic carbocycles. The molecular weight excluding hydrogens is 272 g/mol. The second-order valence-corrected chi connectivity index (χ2v) is 5.19. The van der Waals surface area contributed by atoms with Crippen LogP contribution < -0.4 is 5.43 Å². The summed E-state index contributed by atoms with van der Waals surface area (Å²) >= 11 is 0. The van der Waals surface area contributed by atoms with E-state index >= 15 is 0 Å². The number of aromatic hydroxyl groups is 1. The Morgan fingerprint density at radius 1 is 1.43 bits per heavy atom. The van der Waals surface area contributed by atoms with Crippen LogP contribution in [0, 0.1) is 0 Å². The Kier molecular flexibility index (Phi) is 7.42. The number of aliphatic hydroxyl groups excluding tert-OH is 1. The van der Waals surface area contributed by atoms with Crippen molar-refractivity contribution in [3.8, 4) is 5.75 Å². The molecule has 0 radical (unpaired) electrons. The minimum Gasteiger partial charge on any atom is -0.503 e. The van der Waals surface area contributed by atoms with Crippen molar-refractivity contribution in [3.63, 3.8) is 0 Å². The molecule has 0 atom stereocenters. The predicted molar refractivity (Wildman–Crippen MR) is 81.4 cm³/mol. The van der Waals surface area contributed by atoms with Crippen molar-refractivity contribution in [2.24, 2.45) is 0 Å². The number of unbranched alkanes of at least 4 members (excludes halogenated alkanes) is 1. The summed E-state index contributed by atoms with van der Waals surface area (Å²) in [5.74, 6) is -0.244. The molecule has 0 spiro atoms. The standard InChI is InChI=1S/C15H26N2O4/c1-4-5-6-16(2)10-13-15(20)14(19)9-12(11-18)17(13)7-8-21-3/h9,18,20H,4-8,10-11H2,1-3H3. The van der Waals surface area contributed by atoms with E-state index in [0.29, 0.717) is 31.1 Å².